The molecule has 7 heteroatoms. The molecule has 0 aliphatic heterocycles. The summed E-state index contributed by atoms with van der Waals surface area (Å²) in [6.07, 6.45) is 1.29. The molecule has 0 aliphatic rings. The number of aromatic amines is 1. The van der Waals surface area contributed by atoms with E-state index in [1.807, 2.05) is 0 Å². The lowest BCUT2D eigenvalue weighted by atomic mass is 10.5. The van der Waals surface area contributed by atoms with Gasteiger partial charge in [0.2, 0.25) is 5.52 Å². The molecule has 2 heterocycles. The third-order valence-electron chi connectivity index (χ3n) is 1.43. The van der Waals surface area contributed by atoms with E-state index >= 15 is 0 Å². The van der Waals surface area contributed by atoms with Crippen LogP contribution in [0.15, 0.2) is 6.33 Å². The fraction of sp³-hybridized carbons (Fsp3) is 0. The standard InChI is InChI=1S/C5H4N4O3/c10-4-2-3(7-1-6-2)8-5(11)9(4)12/h1,12H,(H2,6,7,8,10,11)/p+1. The van der Waals surface area contributed by atoms with Crippen molar-refractivity contribution in [2.24, 2.45) is 0 Å². The number of nitrogens with zero attached hydrogens (tertiary/aromatic N) is 3. The number of aromatic nitrogens is 4. The molecule has 0 saturated carbocycles. The van der Waals surface area contributed by atoms with Crippen LogP contribution in [0.4, 0.5) is 0 Å². The third kappa shape index (κ3) is 0.669. The molecule has 2 rings (SSSR count). The third-order valence-corrected chi connectivity index (χ3v) is 1.43. The average molecular weight is 169 g/mol. The maximum absolute atomic E-state index is 9.16. The maximum Gasteiger partial charge on any atom is 0.541 e. The Morgan fingerprint density at radius 1 is 1.42 bits per heavy atom. The first-order chi connectivity index (χ1) is 5.70. The summed E-state index contributed by atoms with van der Waals surface area (Å²) in [6, 6.07) is -0.704. The van der Waals surface area contributed by atoms with Gasteiger partial charge in [-0.15, -0.1) is 0 Å². The van der Waals surface area contributed by atoms with Gasteiger partial charge in [-0.3, -0.25) is 0 Å². The van der Waals surface area contributed by atoms with Gasteiger partial charge in [0.15, 0.2) is 0 Å². The van der Waals surface area contributed by atoms with E-state index in [4.69, 9.17) is 15.4 Å². The molecule has 0 saturated heterocycles. The Balaban J connectivity index is 2.94. The lowest BCUT2D eigenvalue weighted by Crippen LogP contribution is -2.31. The molecule has 62 valence electrons. The van der Waals surface area contributed by atoms with E-state index in [-0.39, 0.29) is 15.9 Å². The zero-order valence-corrected chi connectivity index (χ0v) is 5.76. The van der Waals surface area contributed by atoms with Crippen LogP contribution in [0.25, 0.3) is 11.2 Å². The first-order valence-corrected chi connectivity index (χ1v) is 3.06. The predicted octanol–water partition coefficient (Wildman–Crippen LogP) is -1.11. The van der Waals surface area contributed by atoms with Crippen molar-refractivity contribution < 1.29 is 20.2 Å². The monoisotopic (exact) mass is 169 g/mol. The van der Waals surface area contributed by atoms with Crippen molar-refractivity contribution in [3.05, 3.63) is 6.33 Å². The minimum absolute atomic E-state index is 0.0929. The number of hydrogen-bond acceptors (Lipinski definition) is 5. The number of nitrogens with one attached hydrogen (secondary N) is 1. The molecule has 2 aromatic heterocycles. The summed E-state index contributed by atoms with van der Waals surface area (Å²) in [7, 11) is 0. The van der Waals surface area contributed by atoms with Gasteiger partial charge in [0, 0.05) is 9.71 Å². The Bertz CT molecular complexity index is 437. The van der Waals surface area contributed by atoms with Gasteiger partial charge in [0.05, 0.1) is 6.33 Å². The van der Waals surface area contributed by atoms with Crippen LogP contribution in [0.1, 0.15) is 0 Å². The first kappa shape index (κ1) is 6.65. The molecule has 0 aromatic carbocycles. The average Bonchev–Trinajstić information content (AvgIpc) is 2.48. The molecular formula is C5H5N4O3+. The van der Waals surface area contributed by atoms with Gasteiger partial charge in [-0.1, -0.05) is 0 Å². The second-order valence-electron chi connectivity index (χ2n) is 2.15. The number of rotatable bonds is 0. The lowest BCUT2D eigenvalue weighted by Gasteiger charge is -1.90. The number of fused-ring (bicyclic) bond motifs is 1. The molecule has 4 N–H and O–H groups in total. The molecule has 0 amide bonds. The molecule has 0 atom stereocenters. The van der Waals surface area contributed by atoms with Crippen molar-refractivity contribution in [1.29, 1.82) is 0 Å². The van der Waals surface area contributed by atoms with E-state index in [0.717, 1.165) is 0 Å². The van der Waals surface area contributed by atoms with Crippen LogP contribution in [0.5, 0.6) is 11.9 Å². The summed E-state index contributed by atoms with van der Waals surface area (Å²) < 4.78 is 0.142. The van der Waals surface area contributed by atoms with E-state index in [2.05, 4.69) is 15.0 Å². The van der Waals surface area contributed by atoms with Crippen LogP contribution < -0.4 is 4.73 Å². The van der Waals surface area contributed by atoms with Crippen LogP contribution in [0.3, 0.4) is 0 Å². The summed E-state index contributed by atoms with van der Waals surface area (Å²) in [5.74, 6) is -0.557. The number of hydrogen-bond donors (Lipinski definition) is 4. The molecule has 0 spiro atoms. The molecule has 0 bridgehead atoms. The normalized spacial score (nSPS) is 10.7. The number of imidazole rings is 1. The molecule has 0 radical (unpaired) electrons. The van der Waals surface area contributed by atoms with Gasteiger partial charge in [-0.05, 0) is 0 Å². The van der Waals surface area contributed by atoms with Crippen molar-refractivity contribution in [1.82, 2.24) is 15.0 Å². The van der Waals surface area contributed by atoms with Gasteiger partial charge < -0.3 is 20.4 Å². The fourth-order valence-corrected chi connectivity index (χ4v) is 0.879. The summed E-state index contributed by atoms with van der Waals surface area (Å²) >= 11 is 0. The largest absolute Gasteiger partial charge is 0.541 e. The van der Waals surface area contributed by atoms with Crippen molar-refractivity contribution in [2.45, 2.75) is 0 Å². The first-order valence-electron chi connectivity index (χ1n) is 3.06. The van der Waals surface area contributed by atoms with E-state index in [1.54, 1.807) is 0 Å². The van der Waals surface area contributed by atoms with Crippen LogP contribution in [0, 0.1) is 0 Å². The molecule has 12 heavy (non-hydrogen) atoms. The maximum atomic E-state index is 9.16. The molecule has 2 aromatic rings. The van der Waals surface area contributed by atoms with Crippen LogP contribution in [-0.2, 0) is 0 Å². The highest BCUT2D eigenvalue weighted by Gasteiger charge is 2.22. The zero-order valence-electron chi connectivity index (χ0n) is 5.76. The van der Waals surface area contributed by atoms with Crippen molar-refractivity contribution in [3.63, 3.8) is 0 Å². The topological polar surface area (TPSA) is 106 Å². The van der Waals surface area contributed by atoms with Gasteiger partial charge in [-0.25, -0.2) is 4.98 Å². The summed E-state index contributed by atoms with van der Waals surface area (Å²) in [4.78, 5) is 9.71. The Morgan fingerprint density at radius 2 is 2.17 bits per heavy atom. The smallest absolute Gasteiger partial charge is 0.473 e. The quantitative estimate of drug-likeness (QED) is 0.295. The number of H-pyrrole nitrogens is 1. The van der Waals surface area contributed by atoms with E-state index in [9.17, 15) is 0 Å². The molecular weight excluding hydrogens is 164 g/mol. The fourth-order valence-electron chi connectivity index (χ4n) is 0.879. The van der Waals surface area contributed by atoms with Gasteiger partial charge in [0.1, 0.15) is 0 Å². The highest BCUT2D eigenvalue weighted by molar-refractivity contribution is 5.73. The second kappa shape index (κ2) is 1.97. The summed E-state index contributed by atoms with van der Waals surface area (Å²) in [6.45, 7) is 0. The Morgan fingerprint density at radius 3 is 2.92 bits per heavy atom. The number of aromatic hydroxyl groups is 2. The summed E-state index contributed by atoms with van der Waals surface area (Å²) in [5, 5.41) is 27.0. The Labute approximate surface area is 65.5 Å². The highest BCUT2D eigenvalue weighted by Crippen LogP contribution is 2.16. The SMILES string of the molecule is Oc1nc2[nH]cnc2c(O)[n+]1O. The van der Waals surface area contributed by atoms with Crippen molar-refractivity contribution in [2.75, 3.05) is 0 Å². The Hall–Kier alpha value is -2.05. The second-order valence-corrected chi connectivity index (χ2v) is 2.15. The van der Waals surface area contributed by atoms with Gasteiger partial charge in [-0.2, -0.15) is 0 Å². The Kier molecular flexibility index (Phi) is 1.09. The van der Waals surface area contributed by atoms with Gasteiger partial charge in [0.25, 0.3) is 5.65 Å². The van der Waals surface area contributed by atoms with Crippen LogP contribution in [0.2, 0.25) is 0 Å². The van der Waals surface area contributed by atoms with Crippen molar-refractivity contribution in [3.8, 4) is 11.9 Å². The predicted molar refractivity (Wildman–Crippen MR) is 34.6 cm³/mol. The summed E-state index contributed by atoms with van der Waals surface area (Å²) in [5.41, 5.74) is 0.297. The zero-order chi connectivity index (χ0) is 8.72. The lowest BCUT2D eigenvalue weighted by molar-refractivity contribution is -0.910. The molecule has 0 fully saturated rings. The van der Waals surface area contributed by atoms with E-state index in [1.165, 1.54) is 6.33 Å². The highest BCUT2D eigenvalue weighted by atomic mass is 16.5. The van der Waals surface area contributed by atoms with Gasteiger partial charge >= 0.3 is 11.9 Å². The van der Waals surface area contributed by atoms with E-state index in [0.29, 0.717) is 0 Å². The molecule has 0 unspecified atom stereocenters. The van der Waals surface area contributed by atoms with Crippen molar-refractivity contribution >= 4 is 11.2 Å². The molecule has 0 aliphatic carbocycles. The minimum atomic E-state index is -0.704. The van der Waals surface area contributed by atoms with Crippen LogP contribution >= 0.6 is 0 Å². The van der Waals surface area contributed by atoms with E-state index < -0.39 is 11.9 Å². The van der Waals surface area contributed by atoms with Crippen LogP contribution in [-0.4, -0.2) is 30.4 Å². The molecule has 7 nitrogen and oxygen atoms in total. The minimum Gasteiger partial charge on any atom is -0.473 e.